The standard InChI is InChI=1S/C17H23ClF3N3O2/c1-5-24(10-15(26)23-16(2,3)4)9-14(25)22-13-8-11(17(19,20)21)6-7-12(13)18/h6-8H,5,9-10H2,1-4H3,(H,22,25)(H,23,26). The molecule has 9 heteroatoms. The number of carbonyl (C=O) groups is 2. The molecule has 0 aromatic heterocycles. The van der Waals surface area contributed by atoms with Crippen LogP contribution < -0.4 is 10.6 Å². The molecule has 26 heavy (non-hydrogen) atoms. The maximum absolute atomic E-state index is 12.8. The number of likely N-dealkylation sites (N-methyl/N-ethyl adjacent to an activating group) is 1. The molecule has 5 nitrogen and oxygen atoms in total. The highest BCUT2D eigenvalue weighted by molar-refractivity contribution is 6.33. The number of carbonyl (C=O) groups excluding carboxylic acids is 2. The topological polar surface area (TPSA) is 61.4 Å². The summed E-state index contributed by atoms with van der Waals surface area (Å²) < 4.78 is 38.3. The van der Waals surface area contributed by atoms with Crippen LogP contribution in [0.2, 0.25) is 5.02 Å². The highest BCUT2D eigenvalue weighted by atomic mass is 35.5. The quantitative estimate of drug-likeness (QED) is 0.777. The molecule has 0 unspecified atom stereocenters. The number of alkyl halides is 3. The Kier molecular flexibility index (Phi) is 7.46. The minimum atomic E-state index is -4.54. The van der Waals surface area contributed by atoms with Gasteiger partial charge in [0, 0.05) is 5.54 Å². The van der Waals surface area contributed by atoms with Gasteiger partial charge in [-0.25, -0.2) is 0 Å². The zero-order valence-corrected chi connectivity index (χ0v) is 15.9. The molecule has 0 radical (unpaired) electrons. The highest BCUT2D eigenvalue weighted by Gasteiger charge is 2.31. The fourth-order valence-corrected chi connectivity index (χ4v) is 2.30. The highest BCUT2D eigenvalue weighted by Crippen LogP contribution is 2.33. The predicted molar refractivity (Wildman–Crippen MR) is 95.1 cm³/mol. The molecule has 0 bridgehead atoms. The van der Waals surface area contributed by atoms with Gasteiger partial charge in [-0.3, -0.25) is 14.5 Å². The van der Waals surface area contributed by atoms with Crippen LogP contribution in [0.1, 0.15) is 33.3 Å². The average molecular weight is 394 g/mol. The van der Waals surface area contributed by atoms with E-state index in [-0.39, 0.29) is 29.7 Å². The summed E-state index contributed by atoms with van der Waals surface area (Å²) in [6, 6.07) is 2.70. The monoisotopic (exact) mass is 393 g/mol. The Balaban J connectivity index is 2.74. The predicted octanol–water partition coefficient (Wildman–Crippen LogP) is 3.53. The van der Waals surface area contributed by atoms with Crippen LogP contribution in [0.25, 0.3) is 0 Å². The van der Waals surface area contributed by atoms with Crippen molar-refractivity contribution in [2.75, 3.05) is 25.0 Å². The lowest BCUT2D eigenvalue weighted by molar-refractivity contribution is -0.137. The molecule has 146 valence electrons. The number of hydrogen-bond acceptors (Lipinski definition) is 3. The molecule has 0 spiro atoms. The Hall–Kier alpha value is -1.80. The van der Waals surface area contributed by atoms with Crippen molar-refractivity contribution in [2.24, 2.45) is 0 Å². The van der Waals surface area contributed by atoms with Crippen LogP contribution in [-0.2, 0) is 15.8 Å². The molecular formula is C17H23ClF3N3O2. The van der Waals surface area contributed by atoms with Crippen molar-refractivity contribution >= 4 is 29.1 Å². The lowest BCUT2D eigenvalue weighted by Gasteiger charge is -2.24. The summed E-state index contributed by atoms with van der Waals surface area (Å²) in [5.41, 5.74) is -1.43. The van der Waals surface area contributed by atoms with Crippen LogP contribution in [0.15, 0.2) is 18.2 Å². The SMILES string of the molecule is CCN(CC(=O)Nc1cc(C(F)(F)F)ccc1Cl)CC(=O)NC(C)(C)C. The minimum absolute atomic E-state index is 0.000117. The molecule has 2 N–H and O–H groups in total. The molecular weight excluding hydrogens is 371 g/mol. The van der Waals surface area contributed by atoms with Crippen LogP contribution >= 0.6 is 11.6 Å². The first-order valence-corrected chi connectivity index (χ1v) is 8.39. The van der Waals surface area contributed by atoms with Crippen LogP contribution in [0, 0.1) is 0 Å². The van der Waals surface area contributed by atoms with Crippen LogP contribution in [0.4, 0.5) is 18.9 Å². The number of hydrogen-bond donors (Lipinski definition) is 2. The Bertz CT molecular complexity index is 658. The zero-order valence-electron chi connectivity index (χ0n) is 15.1. The van der Waals surface area contributed by atoms with E-state index in [9.17, 15) is 22.8 Å². The fraction of sp³-hybridized carbons (Fsp3) is 0.529. The van der Waals surface area contributed by atoms with Gasteiger partial charge in [-0.2, -0.15) is 13.2 Å². The fourth-order valence-electron chi connectivity index (χ4n) is 2.13. The molecule has 0 aliphatic heterocycles. The summed E-state index contributed by atoms with van der Waals surface area (Å²) in [7, 11) is 0. The van der Waals surface area contributed by atoms with Crippen LogP contribution in [0.3, 0.4) is 0 Å². The molecule has 0 heterocycles. The lowest BCUT2D eigenvalue weighted by atomic mass is 10.1. The first-order chi connectivity index (χ1) is 11.8. The van der Waals surface area contributed by atoms with Gasteiger partial charge < -0.3 is 10.6 Å². The number of nitrogens with one attached hydrogen (secondary N) is 2. The number of rotatable bonds is 6. The normalized spacial score (nSPS) is 12.2. The average Bonchev–Trinajstić information content (AvgIpc) is 2.45. The van der Waals surface area contributed by atoms with E-state index in [1.54, 1.807) is 11.8 Å². The second-order valence-electron chi connectivity index (χ2n) is 6.84. The molecule has 0 saturated heterocycles. The van der Waals surface area contributed by atoms with Gasteiger partial charge in [0.2, 0.25) is 11.8 Å². The molecule has 1 aromatic rings. The number of anilines is 1. The maximum atomic E-state index is 12.8. The van der Waals surface area contributed by atoms with E-state index < -0.39 is 23.2 Å². The minimum Gasteiger partial charge on any atom is -0.350 e. The molecule has 1 aromatic carbocycles. The third-order valence-electron chi connectivity index (χ3n) is 3.26. The van der Waals surface area contributed by atoms with E-state index in [0.717, 1.165) is 18.2 Å². The smallest absolute Gasteiger partial charge is 0.350 e. The number of benzene rings is 1. The van der Waals surface area contributed by atoms with E-state index in [4.69, 9.17) is 11.6 Å². The summed E-state index contributed by atoms with van der Waals surface area (Å²) in [6.07, 6.45) is -4.54. The maximum Gasteiger partial charge on any atom is 0.416 e. The van der Waals surface area contributed by atoms with Gasteiger partial charge >= 0.3 is 6.18 Å². The van der Waals surface area contributed by atoms with Crippen molar-refractivity contribution in [2.45, 2.75) is 39.4 Å². The van der Waals surface area contributed by atoms with Crippen molar-refractivity contribution in [3.63, 3.8) is 0 Å². The van der Waals surface area contributed by atoms with Gasteiger partial charge in [-0.05, 0) is 45.5 Å². The second kappa shape index (κ2) is 8.73. The third-order valence-corrected chi connectivity index (χ3v) is 3.59. The van der Waals surface area contributed by atoms with Crippen molar-refractivity contribution in [3.05, 3.63) is 28.8 Å². The molecule has 0 aliphatic carbocycles. The van der Waals surface area contributed by atoms with E-state index in [0.29, 0.717) is 6.54 Å². The van der Waals surface area contributed by atoms with E-state index >= 15 is 0 Å². The van der Waals surface area contributed by atoms with Crippen LogP contribution in [0.5, 0.6) is 0 Å². The first kappa shape index (κ1) is 22.2. The second-order valence-corrected chi connectivity index (χ2v) is 7.25. The summed E-state index contributed by atoms with van der Waals surface area (Å²) in [6.45, 7) is 7.55. The van der Waals surface area contributed by atoms with E-state index in [1.165, 1.54) is 0 Å². The van der Waals surface area contributed by atoms with Crippen LogP contribution in [-0.4, -0.2) is 41.9 Å². The number of halogens is 4. The van der Waals surface area contributed by atoms with Gasteiger partial charge in [-0.1, -0.05) is 18.5 Å². The van der Waals surface area contributed by atoms with Gasteiger partial charge in [0.1, 0.15) is 0 Å². The van der Waals surface area contributed by atoms with Crippen molar-refractivity contribution in [3.8, 4) is 0 Å². The summed E-state index contributed by atoms with van der Waals surface area (Å²) in [4.78, 5) is 25.7. The Morgan fingerprint density at radius 2 is 1.69 bits per heavy atom. The molecule has 0 fully saturated rings. The van der Waals surface area contributed by atoms with Crippen molar-refractivity contribution < 1.29 is 22.8 Å². The van der Waals surface area contributed by atoms with E-state index in [2.05, 4.69) is 10.6 Å². The number of nitrogens with zero attached hydrogens (tertiary/aromatic N) is 1. The zero-order chi connectivity index (χ0) is 20.1. The van der Waals surface area contributed by atoms with Gasteiger partial charge in [0.25, 0.3) is 0 Å². The summed E-state index contributed by atoms with van der Waals surface area (Å²) >= 11 is 5.86. The Morgan fingerprint density at radius 1 is 1.12 bits per heavy atom. The molecule has 2 amide bonds. The van der Waals surface area contributed by atoms with Crippen molar-refractivity contribution in [1.29, 1.82) is 0 Å². The van der Waals surface area contributed by atoms with E-state index in [1.807, 2.05) is 20.8 Å². The van der Waals surface area contributed by atoms with Gasteiger partial charge in [0.15, 0.2) is 0 Å². The largest absolute Gasteiger partial charge is 0.416 e. The third kappa shape index (κ3) is 7.61. The molecule has 0 atom stereocenters. The van der Waals surface area contributed by atoms with Crippen molar-refractivity contribution in [1.82, 2.24) is 10.2 Å². The number of amides is 2. The Labute approximate surface area is 155 Å². The summed E-state index contributed by atoms with van der Waals surface area (Å²) in [5.74, 6) is -0.805. The summed E-state index contributed by atoms with van der Waals surface area (Å²) in [5, 5.41) is 5.15. The lowest BCUT2D eigenvalue weighted by Crippen LogP contribution is -2.47. The van der Waals surface area contributed by atoms with Gasteiger partial charge in [-0.15, -0.1) is 0 Å². The molecule has 0 saturated carbocycles. The Morgan fingerprint density at radius 3 is 2.19 bits per heavy atom. The van der Waals surface area contributed by atoms with Gasteiger partial charge in [0.05, 0.1) is 29.4 Å². The molecule has 0 aliphatic rings. The molecule has 1 rings (SSSR count). The first-order valence-electron chi connectivity index (χ1n) is 8.02.